The topological polar surface area (TPSA) is 80.2 Å². The Kier molecular flexibility index (Phi) is 3.80. The molecule has 0 saturated heterocycles. The van der Waals surface area contributed by atoms with Crippen molar-refractivity contribution < 1.29 is 13.2 Å². The van der Waals surface area contributed by atoms with Crippen molar-refractivity contribution in [1.82, 2.24) is 9.88 Å². The van der Waals surface area contributed by atoms with Gasteiger partial charge in [-0.25, -0.2) is 8.42 Å². The number of aromatic nitrogens is 1. The van der Waals surface area contributed by atoms with E-state index in [0.717, 1.165) is 0 Å². The summed E-state index contributed by atoms with van der Waals surface area (Å²) in [6, 6.07) is 9.91. The molecule has 2 aromatic rings. The summed E-state index contributed by atoms with van der Waals surface area (Å²) >= 11 is 0. The molecule has 0 aliphatic heterocycles. The number of aryl methyl sites for hydroxylation is 1. The van der Waals surface area contributed by atoms with E-state index in [9.17, 15) is 13.2 Å². The second-order valence-corrected chi connectivity index (χ2v) is 5.91. The molecule has 0 saturated carbocycles. The molecular weight excluding hydrogens is 278 g/mol. The van der Waals surface area contributed by atoms with E-state index in [4.69, 9.17) is 0 Å². The third-order valence-corrected chi connectivity index (χ3v) is 4.12. The average molecular weight is 293 g/mol. The summed E-state index contributed by atoms with van der Waals surface area (Å²) < 4.78 is 28.4. The monoisotopic (exact) mass is 293 g/mol. The zero-order chi connectivity index (χ0) is 14.8. The third kappa shape index (κ3) is 2.83. The van der Waals surface area contributed by atoms with Gasteiger partial charge in [0.05, 0.1) is 0 Å². The number of amides is 1. The van der Waals surface area contributed by atoms with Gasteiger partial charge in [-0.3, -0.25) is 9.52 Å². The van der Waals surface area contributed by atoms with E-state index in [0.29, 0.717) is 5.69 Å². The number of nitrogens with one attached hydrogen (secondary N) is 2. The molecule has 20 heavy (non-hydrogen) atoms. The highest BCUT2D eigenvalue weighted by atomic mass is 32.2. The summed E-state index contributed by atoms with van der Waals surface area (Å²) in [5, 5.41) is 2.46. The maximum atomic E-state index is 12.2. The molecular formula is C13H15N3O3S. The van der Waals surface area contributed by atoms with Crippen LogP contribution in [0, 0.1) is 0 Å². The van der Waals surface area contributed by atoms with Crippen molar-refractivity contribution in [2.24, 2.45) is 7.05 Å². The molecule has 0 unspecified atom stereocenters. The standard InChI is InChI=1S/C13H15N3O3S/c1-14-13(17)12-8-11(9-16(12)2)20(18,19)15-10-6-4-3-5-7-10/h3-9,15H,1-2H3,(H,14,17). The van der Waals surface area contributed by atoms with Gasteiger partial charge in [0.15, 0.2) is 0 Å². The van der Waals surface area contributed by atoms with Crippen molar-refractivity contribution >= 4 is 21.6 Å². The van der Waals surface area contributed by atoms with Gasteiger partial charge in [-0.05, 0) is 18.2 Å². The Morgan fingerprint density at radius 1 is 1.20 bits per heavy atom. The van der Waals surface area contributed by atoms with Crippen LogP contribution in [-0.2, 0) is 17.1 Å². The van der Waals surface area contributed by atoms with Crippen molar-refractivity contribution in [3.63, 3.8) is 0 Å². The van der Waals surface area contributed by atoms with Crippen LogP contribution in [0.15, 0.2) is 47.5 Å². The molecule has 0 aliphatic carbocycles. The SMILES string of the molecule is CNC(=O)c1cc(S(=O)(=O)Nc2ccccc2)cn1C. The smallest absolute Gasteiger partial charge is 0.267 e. The van der Waals surface area contributed by atoms with Gasteiger partial charge in [-0.2, -0.15) is 0 Å². The summed E-state index contributed by atoms with van der Waals surface area (Å²) in [5.74, 6) is -0.339. The maximum Gasteiger partial charge on any atom is 0.267 e. The van der Waals surface area contributed by atoms with Crippen LogP contribution >= 0.6 is 0 Å². The van der Waals surface area contributed by atoms with E-state index in [-0.39, 0.29) is 16.5 Å². The minimum absolute atomic E-state index is 0.0439. The molecule has 1 aromatic heterocycles. The van der Waals surface area contributed by atoms with Gasteiger partial charge in [0.2, 0.25) is 0 Å². The quantitative estimate of drug-likeness (QED) is 0.888. The van der Waals surface area contributed by atoms with Crippen molar-refractivity contribution in [1.29, 1.82) is 0 Å². The maximum absolute atomic E-state index is 12.2. The van der Waals surface area contributed by atoms with Crippen molar-refractivity contribution in [2.75, 3.05) is 11.8 Å². The predicted molar refractivity (Wildman–Crippen MR) is 76.1 cm³/mol. The molecule has 1 aromatic carbocycles. The largest absolute Gasteiger partial charge is 0.354 e. The van der Waals surface area contributed by atoms with Crippen LogP contribution in [0.1, 0.15) is 10.5 Å². The lowest BCUT2D eigenvalue weighted by Gasteiger charge is -2.05. The molecule has 1 heterocycles. The van der Waals surface area contributed by atoms with Gasteiger partial charge in [0.25, 0.3) is 15.9 Å². The van der Waals surface area contributed by atoms with E-state index in [2.05, 4.69) is 10.0 Å². The van der Waals surface area contributed by atoms with Crippen LogP contribution in [0.4, 0.5) is 5.69 Å². The Hall–Kier alpha value is -2.28. The van der Waals surface area contributed by atoms with Crippen molar-refractivity contribution in [3.05, 3.63) is 48.3 Å². The van der Waals surface area contributed by atoms with E-state index < -0.39 is 10.0 Å². The molecule has 0 atom stereocenters. The van der Waals surface area contributed by atoms with Crippen LogP contribution in [0.2, 0.25) is 0 Å². The first-order valence-corrected chi connectivity index (χ1v) is 7.38. The number of anilines is 1. The second-order valence-electron chi connectivity index (χ2n) is 4.22. The molecule has 2 rings (SSSR count). The molecule has 1 amide bonds. The van der Waals surface area contributed by atoms with Crippen LogP contribution in [0.3, 0.4) is 0 Å². The number of carbonyl (C=O) groups excluding carboxylic acids is 1. The van der Waals surface area contributed by atoms with Crippen LogP contribution < -0.4 is 10.0 Å². The Morgan fingerprint density at radius 3 is 2.45 bits per heavy atom. The number of nitrogens with zero attached hydrogens (tertiary/aromatic N) is 1. The minimum Gasteiger partial charge on any atom is -0.354 e. The summed E-state index contributed by atoms with van der Waals surface area (Å²) in [6.45, 7) is 0. The van der Waals surface area contributed by atoms with E-state index in [1.54, 1.807) is 37.4 Å². The third-order valence-electron chi connectivity index (χ3n) is 2.78. The fraction of sp³-hybridized carbons (Fsp3) is 0.154. The number of para-hydroxylation sites is 1. The summed E-state index contributed by atoms with van der Waals surface area (Å²) in [7, 11) is -0.599. The van der Waals surface area contributed by atoms with E-state index in [1.807, 2.05) is 0 Å². The van der Waals surface area contributed by atoms with Crippen LogP contribution in [0.5, 0.6) is 0 Å². The molecule has 106 valence electrons. The molecule has 0 radical (unpaired) electrons. The molecule has 0 bridgehead atoms. The van der Waals surface area contributed by atoms with Gasteiger partial charge in [0.1, 0.15) is 10.6 Å². The summed E-state index contributed by atoms with van der Waals surface area (Å²) in [5.41, 5.74) is 0.749. The zero-order valence-electron chi connectivity index (χ0n) is 11.1. The van der Waals surface area contributed by atoms with E-state index >= 15 is 0 Å². The van der Waals surface area contributed by atoms with Gasteiger partial charge in [-0.1, -0.05) is 18.2 Å². The normalized spacial score (nSPS) is 11.1. The number of sulfonamides is 1. The first-order valence-electron chi connectivity index (χ1n) is 5.90. The number of hydrogen-bond donors (Lipinski definition) is 2. The first-order chi connectivity index (χ1) is 9.44. The average Bonchev–Trinajstić information content (AvgIpc) is 2.81. The Balaban J connectivity index is 2.33. The number of benzene rings is 1. The Bertz CT molecular complexity index is 721. The van der Waals surface area contributed by atoms with Crippen LogP contribution in [0.25, 0.3) is 0 Å². The van der Waals surface area contributed by atoms with Gasteiger partial charge < -0.3 is 9.88 Å². The molecule has 7 heteroatoms. The fourth-order valence-electron chi connectivity index (χ4n) is 1.76. The lowest BCUT2D eigenvalue weighted by Crippen LogP contribution is -2.20. The number of hydrogen-bond acceptors (Lipinski definition) is 3. The Labute approximate surface area is 117 Å². The summed E-state index contributed by atoms with van der Waals surface area (Å²) in [6.07, 6.45) is 1.40. The predicted octanol–water partition coefficient (Wildman–Crippen LogP) is 1.19. The lowest BCUT2D eigenvalue weighted by molar-refractivity contribution is 0.0955. The zero-order valence-corrected chi connectivity index (χ0v) is 11.9. The molecule has 2 N–H and O–H groups in total. The second kappa shape index (κ2) is 5.38. The van der Waals surface area contributed by atoms with Gasteiger partial charge in [-0.15, -0.1) is 0 Å². The highest BCUT2D eigenvalue weighted by Gasteiger charge is 2.20. The number of rotatable bonds is 4. The molecule has 0 fully saturated rings. The Morgan fingerprint density at radius 2 is 1.85 bits per heavy atom. The van der Waals surface area contributed by atoms with Gasteiger partial charge >= 0.3 is 0 Å². The minimum atomic E-state index is -3.71. The highest BCUT2D eigenvalue weighted by molar-refractivity contribution is 7.92. The first kappa shape index (κ1) is 14.1. The molecule has 6 nitrogen and oxygen atoms in total. The molecule has 0 spiro atoms. The van der Waals surface area contributed by atoms with Crippen LogP contribution in [-0.4, -0.2) is 25.9 Å². The molecule has 0 aliphatic rings. The number of carbonyl (C=O) groups is 1. The van der Waals surface area contributed by atoms with Gasteiger partial charge in [0, 0.05) is 26.0 Å². The lowest BCUT2D eigenvalue weighted by atomic mass is 10.3. The van der Waals surface area contributed by atoms with Crippen molar-refractivity contribution in [2.45, 2.75) is 4.90 Å². The fourth-order valence-corrected chi connectivity index (χ4v) is 2.88. The van der Waals surface area contributed by atoms with Crippen molar-refractivity contribution in [3.8, 4) is 0 Å². The highest BCUT2D eigenvalue weighted by Crippen LogP contribution is 2.18. The summed E-state index contributed by atoms with van der Waals surface area (Å²) in [4.78, 5) is 11.6. The van der Waals surface area contributed by atoms with E-state index in [1.165, 1.54) is 23.9 Å².